The zero-order valence-corrected chi connectivity index (χ0v) is 13.3. The number of nitrogens with two attached hydrogens (primary N) is 1. The van der Waals surface area contributed by atoms with Crippen LogP contribution in [0.2, 0.25) is 0 Å². The van der Waals surface area contributed by atoms with Crippen molar-refractivity contribution in [2.75, 3.05) is 32.1 Å². The van der Waals surface area contributed by atoms with Crippen molar-refractivity contribution < 1.29 is 13.2 Å². The molecule has 0 unspecified atom stereocenters. The van der Waals surface area contributed by atoms with Crippen LogP contribution in [0, 0.1) is 18.8 Å². The maximum Gasteiger partial charge on any atom is 0.253 e. The fraction of sp³-hybridized carbons (Fsp3) is 0.400. The minimum atomic E-state index is -3.10. The summed E-state index contributed by atoms with van der Waals surface area (Å²) >= 11 is 0. The quantitative estimate of drug-likeness (QED) is 0.818. The van der Waals surface area contributed by atoms with Crippen LogP contribution in [0.3, 0.4) is 0 Å². The predicted octanol–water partition coefficient (Wildman–Crippen LogP) is 0.422. The molecule has 5 nitrogen and oxygen atoms in total. The van der Waals surface area contributed by atoms with Gasteiger partial charge in [-0.1, -0.05) is 17.9 Å². The van der Waals surface area contributed by atoms with Crippen molar-refractivity contribution in [2.45, 2.75) is 6.92 Å². The van der Waals surface area contributed by atoms with E-state index < -0.39 is 9.84 Å². The molecule has 1 aromatic carbocycles. The zero-order valence-electron chi connectivity index (χ0n) is 12.5. The minimum absolute atomic E-state index is 0.0546. The molecule has 0 spiro atoms. The molecule has 6 heteroatoms. The summed E-state index contributed by atoms with van der Waals surface area (Å²) < 4.78 is 22.3. The number of rotatable bonds is 4. The summed E-state index contributed by atoms with van der Waals surface area (Å²) in [6.07, 6.45) is 1.15. The Bertz CT molecular complexity index is 685. The SMILES string of the molecule is Cc1ccc(C#CCN)cc1C(=O)N(C)CCS(C)(=O)=O. The van der Waals surface area contributed by atoms with Gasteiger partial charge in [-0.2, -0.15) is 0 Å². The molecule has 0 aliphatic rings. The second kappa shape index (κ2) is 7.25. The number of benzene rings is 1. The van der Waals surface area contributed by atoms with Gasteiger partial charge in [0.15, 0.2) is 0 Å². The van der Waals surface area contributed by atoms with Gasteiger partial charge in [-0.3, -0.25) is 4.79 Å². The van der Waals surface area contributed by atoms with Gasteiger partial charge < -0.3 is 10.6 Å². The van der Waals surface area contributed by atoms with E-state index in [4.69, 9.17) is 5.73 Å². The molecule has 114 valence electrons. The van der Waals surface area contributed by atoms with Crippen molar-refractivity contribution in [1.82, 2.24) is 4.90 Å². The highest BCUT2D eigenvalue weighted by Crippen LogP contribution is 2.13. The third-order valence-corrected chi connectivity index (χ3v) is 3.87. The van der Waals surface area contributed by atoms with Crippen molar-refractivity contribution >= 4 is 15.7 Å². The van der Waals surface area contributed by atoms with Gasteiger partial charge in [0.1, 0.15) is 9.84 Å². The third-order valence-electron chi connectivity index (χ3n) is 2.95. The van der Waals surface area contributed by atoms with Gasteiger partial charge >= 0.3 is 0 Å². The summed E-state index contributed by atoms with van der Waals surface area (Å²) in [7, 11) is -1.51. The Labute approximate surface area is 126 Å². The topological polar surface area (TPSA) is 80.5 Å². The molecule has 2 N–H and O–H groups in total. The molecule has 1 rings (SSSR count). The maximum absolute atomic E-state index is 12.4. The van der Waals surface area contributed by atoms with Gasteiger partial charge in [0.25, 0.3) is 5.91 Å². The van der Waals surface area contributed by atoms with Crippen LogP contribution in [0.4, 0.5) is 0 Å². The molecule has 0 aliphatic heterocycles. The van der Waals surface area contributed by atoms with Gasteiger partial charge in [0, 0.05) is 31.0 Å². The van der Waals surface area contributed by atoms with Crippen molar-refractivity contribution in [1.29, 1.82) is 0 Å². The van der Waals surface area contributed by atoms with Crippen LogP contribution in [-0.4, -0.2) is 51.4 Å². The number of hydrogen-bond donors (Lipinski definition) is 1. The van der Waals surface area contributed by atoms with Gasteiger partial charge in [0.05, 0.1) is 12.3 Å². The van der Waals surface area contributed by atoms with Crippen LogP contribution in [0.5, 0.6) is 0 Å². The monoisotopic (exact) mass is 308 g/mol. The molecule has 0 heterocycles. The first-order valence-corrected chi connectivity index (χ1v) is 8.53. The molecular formula is C15H20N2O3S. The Hall–Kier alpha value is -1.84. The molecule has 1 amide bonds. The maximum atomic E-state index is 12.4. The molecule has 0 radical (unpaired) electrons. The highest BCUT2D eigenvalue weighted by Gasteiger charge is 2.16. The van der Waals surface area contributed by atoms with Crippen LogP contribution in [0.25, 0.3) is 0 Å². The Morgan fingerprint density at radius 1 is 1.38 bits per heavy atom. The second-order valence-electron chi connectivity index (χ2n) is 4.89. The summed E-state index contributed by atoms with van der Waals surface area (Å²) in [5, 5.41) is 0. The molecule has 0 bridgehead atoms. The first-order valence-electron chi connectivity index (χ1n) is 6.47. The Balaban J connectivity index is 2.95. The summed E-state index contributed by atoms with van der Waals surface area (Å²) in [5.41, 5.74) is 7.39. The number of carbonyl (C=O) groups excluding carboxylic acids is 1. The van der Waals surface area contributed by atoms with Crippen LogP contribution in [0.15, 0.2) is 18.2 Å². The van der Waals surface area contributed by atoms with Crippen LogP contribution < -0.4 is 5.73 Å². The fourth-order valence-corrected chi connectivity index (χ4v) is 2.30. The van der Waals surface area contributed by atoms with E-state index in [1.807, 2.05) is 19.1 Å². The van der Waals surface area contributed by atoms with Crippen LogP contribution >= 0.6 is 0 Å². The number of amides is 1. The Morgan fingerprint density at radius 2 is 2.05 bits per heavy atom. The van der Waals surface area contributed by atoms with Crippen LogP contribution in [0.1, 0.15) is 21.5 Å². The van der Waals surface area contributed by atoms with E-state index in [1.165, 1.54) is 4.90 Å². The van der Waals surface area contributed by atoms with E-state index in [9.17, 15) is 13.2 Å². The van der Waals surface area contributed by atoms with Crippen molar-refractivity contribution in [2.24, 2.45) is 5.73 Å². The Kier molecular flexibility index (Phi) is 5.94. The fourth-order valence-electron chi connectivity index (χ4n) is 1.69. The lowest BCUT2D eigenvalue weighted by Gasteiger charge is -2.18. The van der Waals surface area contributed by atoms with Crippen molar-refractivity contribution in [3.63, 3.8) is 0 Å². The molecule has 0 atom stereocenters. The number of carbonyl (C=O) groups is 1. The van der Waals surface area contributed by atoms with E-state index in [2.05, 4.69) is 11.8 Å². The van der Waals surface area contributed by atoms with Gasteiger partial charge in [0.2, 0.25) is 0 Å². The van der Waals surface area contributed by atoms with Gasteiger partial charge in [-0.15, -0.1) is 0 Å². The molecule has 0 saturated carbocycles. The highest BCUT2D eigenvalue weighted by molar-refractivity contribution is 7.90. The second-order valence-corrected chi connectivity index (χ2v) is 7.15. The average molecular weight is 308 g/mol. The van der Waals surface area contributed by atoms with Gasteiger partial charge in [-0.05, 0) is 24.6 Å². The summed E-state index contributed by atoms with van der Waals surface area (Å²) in [5.74, 6) is 5.35. The first-order chi connectivity index (χ1) is 9.74. The summed E-state index contributed by atoms with van der Waals surface area (Å²) in [6.45, 7) is 2.25. The summed E-state index contributed by atoms with van der Waals surface area (Å²) in [6, 6.07) is 5.35. The van der Waals surface area contributed by atoms with E-state index in [-0.39, 0.29) is 24.7 Å². The molecule has 0 aromatic heterocycles. The molecule has 0 aliphatic carbocycles. The lowest BCUT2D eigenvalue weighted by Crippen LogP contribution is -2.31. The normalized spacial score (nSPS) is 10.7. The number of hydrogen-bond acceptors (Lipinski definition) is 4. The minimum Gasteiger partial charge on any atom is -0.341 e. The van der Waals surface area contributed by atoms with E-state index in [0.717, 1.165) is 11.8 Å². The smallest absolute Gasteiger partial charge is 0.253 e. The number of sulfone groups is 1. The lowest BCUT2D eigenvalue weighted by atomic mass is 10.0. The standard InChI is InChI=1S/C15H20N2O3S/c1-12-6-7-13(5-4-8-16)11-14(12)15(18)17(2)9-10-21(3,19)20/h6-7,11H,8-10,16H2,1-3H3. The van der Waals surface area contributed by atoms with E-state index in [1.54, 1.807) is 13.1 Å². The van der Waals surface area contributed by atoms with Gasteiger partial charge in [-0.25, -0.2) is 8.42 Å². The molecular weight excluding hydrogens is 288 g/mol. The molecule has 1 aromatic rings. The van der Waals surface area contributed by atoms with Crippen molar-refractivity contribution in [3.05, 3.63) is 34.9 Å². The number of nitrogens with zero attached hydrogens (tertiary/aromatic N) is 1. The molecule has 0 saturated heterocycles. The largest absolute Gasteiger partial charge is 0.341 e. The first kappa shape index (κ1) is 17.2. The third kappa shape index (κ3) is 5.58. The zero-order chi connectivity index (χ0) is 16.0. The average Bonchev–Trinajstić information content (AvgIpc) is 2.42. The van der Waals surface area contributed by atoms with E-state index in [0.29, 0.717) is 11.1 Å². The summed E-state index contributed by atoms with van der Waals surface area (Å²) in [4.78, 5) is 13.8. The lowest BCUT2D eigenvalue weighted by molar-refractivity contribution is 0.0802. The Morgan fingerprint density at radius 3 is 2.62 bits per heavy atom. The molecule has 0 fully saturated rings. The highest BCUT2D eigenvalue weighted by atomic mass is 32.2. The van der Waals surface area contributed by atoms with E-state index >= 15 is 0 Å². The van der Waals surface area contributed by atoms with Crippen LogP contribution in [-0.2, 0) is 9.84 Å². The number of aryl methyl sites for hydroxylation is 1. The predicted molar refractivity (Wildman–Crippen MR) is 83.8 cm³/mol. The van der Waals surface area contributed by atoms with Crippen molar-refractivity contribution in [3.8, 4) is 11.8 Å². The molecule has 21 heavy (non-hydrogen) atoms.